The molecular formula is C14H20ClN2O2+. The molecule has 0 spiro atoms. The van der Waals surface area contributed by atoms with Crippen LogP contribution < -0.4 is 11.1 Å². The van der Waals surface area contributed by atoms with Gasteiger partial charge in [-0.05, 0) is 44.3 Å². The molecule has 0 radical (unpaired) electrons. The number of hydrogen-bond acceptors (Lipinski definition) is 3. The summed E-state index contributed by atoms with van der Waals surface area (Å²) in [6.07, 6.45) is 3.63. The number of nitrogens with one attached hydrogen (secondary N) is 1. The quantitative estimate of drug-likeness (QED) is 0.506. The summed E-state index contributed by atoms with van der Waals surface area (Å²) in [4.78, 5) is 12.1. The number of benzene rings is 1. The van der Waals surface area contributed by atoms with Crippen molar-refractivity contribution in [1.29, 1.82) is 0 Å². The standard InChI is InChI=1S/C14H19ClN2O2/c15-11-7-10(14(19)8-12(11)16)13(18)2-1-9-3-5-17-6-4-9/h7-9,17,19H,1-6,16H2/p+1. The van der Waals surface area contributed by atoms with Gasteiger partial charge in [0.1, 0.15) is 5.56 Å². The summed E-state index contributed by atoms with van der Waals surface area (Å²) in [6, 6.07) is 2.96. The van der Waals surface area contributed by atoms with Crippen LogP contribution in [-0.2, 0) is 0 Å². The van der Waals surface area contributed by atoms with Crippen LogP contribution in [0.4, 0.5) is 5.69 Å². The summed E-state index contributed by atoms with van der Waals surface area (Å²) in [7, 11) is 0. The highest BCUT2D eigenvalue weighted by Gasteiger charge is 2.19. The molecule has 4 nitrogen and oxygen atoms in total. The molecule has 1 aromatic carbocycles. The summed E-state index contributed by atoms with van der Waals surface area (Å²) < 4.78 is 0. The zero-order valence-corrected chi connectivity index (χ0v) is 11.6. The first-order chi connectivity index (χ1) is 9.08. The Morgan fingerprint density at radius 1 is 1.42 bits per heavy atom. The third-order valence-corrected chi connectivity index (χ3v) is 4.00. The van der Waals surface area contributed by atoms with Gasteiger partial charge in [0.05, 0.1) is 16.8 Å². The van der Waals surface area contributed by atoms with Crippen LogP contribution in [0, 0.1) is 5.92 Å². The molecule has 0 aliphatic carbocycles. The van der Waals surface area contributed by atoms with Crippen LogP contribution in [0.3, 0.4) is 0 Å². The molecule has 1 fully saturated rings. The fraction of sp³-hybridized carbons (Fsp3) is 0.500. The Morgan fingerprint density at radius 2 is 2.11 bits per heavy atom. The first kappa shape index (κ1) is 14.2. The topological polar surface area (TPSA) is 78.0 Å². The lowest BCUT2D eigenvalue weighted by Crippen LogP contribution is -2.28. The van der Waals surface area contributed by atoms with Gasteiger partial charge in [-0.15, -0.1) is 0 Å². The van der Waals surface area contributed by atoms with Gasteiger partial charge in [0.25, 0.3) is 5.75 Å². The molecule has 0 bridgehead atoms. The summed E-state index contributed by atoms with van der Waals surface area (Å²) in [5.74, 6) is 0.770. The lowest BCUT2D eigenvalue weighted by Gasteiger charge is -2.22. The van der Waals surface area contributed by atoms with E-state index in [0.717, 1.165) is 32.4 Å². The fourth-order valence-corrected chi connectivity index (χ4v) is 2.62. The van der Waals surface area contributed by atoms with E-state index in [9.17, 15) is 4.79 Å². The average Bonchev–Trinajstić information content (AvgIpc) is 2.41. The van der Waals surface area contributed by atoms with Crippen LogP contribution in [-0.4, -0.2) is 24.0 Å². The van der Waals surface area contributed by atoms with E-state index in [0.29, 0.717) is 28.6 Å². The van der Waals surface area contributed by atoms with E-state index in [1.807, 2.05) is 0 Å². The fourth-order valence-electron chi connectivity index (χ4n) is 2.46. The predicted molar refractivity (Wildman–Crippen MR) is 78.1 cm³/mol. The first-order valence-corrected chi connectivity index (χ1v) is 7.00. The Bertz CT molecular complexity index is 471. The Labute approximate surface area is 117 Å². The molecule has 0 aromatic heterocycles. The van der Waals surface area contributed by atoms with Gasteiger partial charge in [0.2, 0.25) is 0 Å². The van der Waals surface area contributed by atoms with E-state index in [2.05, 4.69) is 5.32 Å². The number of nitrogens with two attached hydrogens (primary N) is 1. The Kier molecular flexibility index (Phi) is 4.66. The molecule has 5 N–H and O–H groups in total. The van der Waals surface area contributed by atoms with E-state index >= 15 is 0 Å². The molecule has 0 atom stereocenters. The second-order valence-electron chi connectivity index (χ2n) is 5.07. The molecule has 1 aliphatic rings. The number of hydrogen-bond donors (Lipinski definition) is 2. The molecular weight excluding hydrogens is 264 g/mol. The van der Waals surface area contributed by atoms with Crippen molar-refractivity contribution >= 4 is 23.1 Å². The lowest BCUT2D eigenvalue weighted by atomic mass is 9.91. The highest BCUT2D eigenvalue weighted by Crippen LogP contribution is 2.29. The summed E-state index contributed by atoms with van der Waals surface area (Å²) in [5, 5.41) is 11.5. The van der Waals surface area contributed by atoms with Crippen LogP contribution in [0.5, 0.6) is 5.75 Å². The van der Waals surface area contributed by atoms with Crippen molar-refractivity contribution in [3.63, 3.8) is 0 Å². The monoisotopic (exact) mass is 283 g/mol. The Hall–Kier alpha value is -1.26. The molecule has 104 valence electrons. The molecule has 1 saturated heterocycles. The van der Waals surface area contributed by atoms with Gasteiger partial charge >= 0.3 is 0 Å². The molecule has 1 aromatic rings. The average molecular weight is 284 g/mol. The number of halogens is 1. The van der Waals surface area contributed by atoms with Crippen molar-refractivity contribution in [2.75, 3.05) is 18.8 Å². The third-order valence-electron chi connectivity index (χ3n) is 3.68. The van der Waals surface area contributed by atoms with Crippen LogP contribution in [0.15, 0.2) is 12.1 Å². The zero-order chi connectivity index (χ0) is 13.8. The van der Waals surface area contributed by atoms with Gasteiger partial charge < -0.3 is 16.2 Å². The van der Waals surface area contributed by atoms with Crippen LogP contribution >= 0.6 is 11.6 Å². The number of carbonyl (C=O) groups is 1. The summed E-state index contributed by atoms with van der Waals surface area (Å²) in [5.41, 5.74) is 6.34. The Balaban J connectivity index is 1.97. The SMILES string of the molecule is Nc1cc([OH2+])c(C(=O)CCC2CCNCC2)cc1Cl. The number of ketones is 1. The first-order valence-electron chi connectivity index (χ1n) is 6.62. The van der Waals surface area contributed by atoms with Crippen molar-refractivity contribution < 1.29 is 9.90 Å². The minimum atomic E-state index is -0.00886. The predicted octanol–water partition coefficient (Wildman–Crippen LogP) is 2.32. The molecule has 2 rings (SSSR count). The third kappa shape index (κ3) is 3.61. The lowest BCUT2D eigenvalue weighted by molar-refractivity contribution is 0.0968. The number of carbonyl (C=O) groups excluding carboxylic acids is 1. The van der Waals surface area contributed by atoms with E-state index in [4.69, 9.17) is 22.4 Å². The minimum Gasteiger partial charge on any atom is -0.593 e. The normalized spacial score (nSPS) is 16.5. The van der Waals surface area contributed by atoms with Crippen molar-refractivity contribution in [3.8, 4) is 5.75 Å². The number of nitrogen functional groups attached to an aromatic ring is 1. The van der Waals surface area contributed by atoms with Gasteiger partial charge in [-0.2, -0.15) is 0 Å². The van der Waals surface area contributed by atoms with E-state index in [1.54, 1.807) is 0 Å². The molecule has 1 heterocycles. The van der Waals surface area contributed by atoms with Crippen LogP contribution in [0.25, 0.3) is 0 Å². The second-order valence-corrected chi connectivity index (χ2v) is 5.48. The highest BCUT2D eigenvalue weighted by molar-refractivity contribution is 6.33. The molecule has 0 amide bonds. The maximum atomic E-state index is 12.1. The van der Waals surface area contributed by atoms with Gasteiger partial charge in [-0.25, -0.2) is 0 Å². The largest absolute Gasteiger partial charge is 0.593 e. The van der Waals surface area contributed by atoms with E-state index in [-0.39, 0.29) is 11.5 Å². The minimum absolute atomic E-state index is 0.00886. The number of rotatable bonds is 4. The van der Waals surface area contributed by atoms with E-state index in [1.165, 1.54) is 12.1 Å². The molecule has 19 heavy (non-hydrogen) atoms. The summed E-state index contributed by atoms with van der Waals surface area (Å²) in [6.45, 7) is 2.08. The second kappa shape index (κ2) is 6.26. The number of Topliss-reactive ketones (excluding diaryl/α,β-unsaturated/α-hetero) is 1. The van der Waals surface area contributed by atoms with Crippen LogP contribution in [0.2, 0.25) is 5.02 Å². The van der Waals surface area contributed by atoms with Crippen molar-refractivity contribution in [2.45, 2.75) is 25.7 Å². The zero-order valence-electron chi connectivity index (χ0n) is 10.8. The van der Waals surface area contributed by atoms with Crippen LogP contribution in [0.1, 0.15) is 36.0 Å². The molecule has 1 aliphatic heterocycles. The summed E-state index contributed by atoms with van der Waals surface area (Å²) >= 11 is 5.91. The molecule has 5 heteroatoms. The Morgan fingerprint density at radius 3 is 2.79 bits per heavy atom. The van der Waals surface area contributed by atoms with Gasteiger partial charge in [-0.3, -0.25) is 4.79 Å². The smallest absolute Gasteiger partial charge is 0.267 e. The van der Waals surface area contributed by atoms with E-state index < -0.39 is 0 Å². The van der Waals surface area contributed by atoms with Gasteiger partial charge in [0, 0.05) is 6.42 Å². The maximum Gasteiger partial charge on any atom is 0.267 e. The van der Waals surface area contributed by atoms with Crippen molar-refractivity contribution in [1.82, 2.24) is 5.32 Å². The number of piperidine rings is 1. The van der Waals surface area contributed by atoms with Gasteiger partial charge in [-0.1, -0.05) is 11.6 Å². The highest BCUT2D eigenvalue weighted by atomic mass is 35.5. The molecule has 0 saturated carbocycles. The van der Waals surface area contributed by atoms with Crippen molar-refractivity contribution in [3.05, 3.63) is 22.7 Å². The van der Waals surface area contributed by atoms with Gasteiger partial charge in [0.15, 0.2) is 5.78 Å². The maximum absolute atomic E-state index is 12.1. The number of anilines is 1. The molecule has 0 unspecified atom stereocenters. The van der Waals surface area contributed by atoms with Crippen molar-refractivity contribution in [2.24, 2.45) is 5.92 Å².